The van der Waals surface area contributed by atoms with Crippen LogP contribution in [-0.4, -0.2) is 23.4 Å². The van der Waals surface area contributed by atoms with Gasteiger partial charge in [-0.05, 0) is 76.8 Å². The average Bonchev–Trinajstić information content (AvgIpc) is 2.85. The van der Waals surface area contributed by atoms with Gasteiger partial charge >= 0.3 is 6.09 Å². The fourth-order valence-corrected chi connectivity index (χ4v) is 5.16. The van der Waals surface area contributed by atoms with E-state index in [0.717, 1.165) is 4.90 Å². The van der Waals surface area contributed by atoms with Gasteiger partial charge in [0.05, 0.1) is 15.8 Å². The molecule has 0 unspecified atom stereocenters. The maximum absolute atomic E-state index is 12.9. The lowest BCUT2D eigenvalue weighted by molar-refractivity contribution is -0.112. The van der Waals surface area contributed by atoms with Gasteiger partial charge in [0.15, 0.2) is 0 Å². The first-order chi connectivity index (χ1) is 17.5. The third kappa shape index (κ3) is 7.77. The highest BCUT2D eigenvalue weighted by atomic mass is 79.9. The normalized spacial score (nSPS) is 12.2. The highest BCUT2D eigenvalue weighted by molar-refractivity contribution is 9.11. The third-order valence-corrected chi connectivity index (χ3v) is 7.27. The van der Waals surface area contributed by atoms with E-state index in [1.165, 1.54) is 6.08 Å². The van der Waals surface area contributed by atoms with E-state index >= 15 is 0 Å². The van der Waals surface area contributed by atoms with E-state index in [2.05, 4.69) is 42.5 Å². The third-order valence-electron chi connectivity index (χ3n) is 5.46. The Morgan fingerprint density at radius 1 is 1.08 bits per heavy atom. The van der Waals surface area contributed by atoms with Crippen molar-refractivity contribution in [3.8, 4) is 5.75 Å². The zero-order valence-corrected chi connectivity index (χ0v) is 24.4. The molecule has 1 atom stereocenters. The standard InChI is InChI=1S/C27H27Br2N3O4S/c1-27(2,13-12-23(33)32-22-7-5-4-6-21(22)30)25(19-14-16(28)15-20(29)24(19)34)36-26(35)31-17-8-10-18(37-3)11-9-17/h4-15,25,34H,30H2,1-3H3,(H,31,35)(H,32,33)/b13-12+/t25-/m0/s1. The average molecular weight is 649 g/mol. The topological polar surface area (TPSA) is 114 Å². The van der Waals surface area contributed by atoms with Crippen LogP contribution >= 0.6 is 43.6 Å². The molecule has 0 aliphatic carbocycles. The molecule has 0 fully saturated rings. The van der Waals surface area contributed by atoms with Crippen LogP contribution < -0.4 is 16.4 Å². The highest BCUT2D eigenvalue weighted by Crippen LogP contribution is 2.45. The van der Waals surface area contributed by atoms with Crippen LogP contribution in [-0.2, 0) is 9.53 Å². The summed E-state index contributed by atoms with van der Waals surface area (Å²) in [6.07, 6.45) is 3.28. The second-order valence-corrected chi connectivity index (χ2v) is 11.3. The maximum atomic E-state index is 12.9. The van der Waals surface area contributed by atoms with E-state index < -0.39 is 23.5 Å². The molecule has 37 heavy (non-hydrogen) atoms. The Morgan fingerprint density at radius 3 is 2.41 bits per heavy atom. The molecule has 194 valence electrons. The fraction of sp³-hybridized carbons (Fsp3) is 0.185. The smallest absolute Gasteiger partial charge is 0.412 e. The quantitative estimate of drug-likeness (QED) is 0.113. The number of hydrogen-bond donors (Lipinski definition) is 4. The van der Waals surface area contributed by atoms with Gasteiger partial charge in [-0.2, -0.15) is 0 Å². The summed E-state index contributed by atoms with van der Waals surface area (Å²) in [7, 11) is 0. The van der Waals surface area contributed by atoms with Gasteiger partial charge in [0, 0.05) is 26.0 Å². The van der Waals surface area contributed by atoms with Crippen molar-refractivity contribution < 1.29 is 19.4 Å². The number of rotatable bonds is 8. The number of hydrogen-bond acceptors (Lipinski definition) is 6. The van der Waals surface area contributed by atoms with Crippen LogP contribution in [0.15, 0.2) is 86.7 Å². The Kier molecular flexibility index (Phi) is 9.69. The zero-order chi connectivity index (χ0) is 27.2. The zero-order valence-electron chi connectivity index (χ0n) is 20.4. The van der Waals surface area contributed by atoms with Gasteiger partial charge in [-0.25, -0.2) is 4.79 Å². The van der Waals surface area contributed by atoms with E-state index in [-0.39, 0.29) is 5.75 Å². The number of nitrogens with one attached hydrogen (secondary N) is 2. The molecule has 0 saturated carbocycles. The Morgan fingerprint density at radius 2 is 1.76 bits per heavy atom. The molecular weight excluding hydrogens is 622 g/mol. The summed E-state index contributed by atoms with van der Waals surface area (Å²) in [5.74, 6) is -0.476. The molecule has 0 bridgehead atoms. The van der Waals surface area contributed by atoms with Gasteiger partial charge < -0.3 is 20.9 Å². The second-order valence-electron chi connectivity index (χ2n) is 8.70. The lowest BCUT2D eigenvalue weighted by atomic mass is 9.81. The minimum Gasteiger partial charge on any atom is -0.506 e. The lowest BCUT2D eigenvalue weighted by Gasteiger charge is -2.32. The van der Waals surface area contributed by atoms with Crippen LogP contribution in [0.3, 0.4) is 0 Å². The van der Waals surface area contributed by atoms with Crippen molar-refractivity contribution in [3.05, 3.63) is 87.3 Å². The number of phenolic OH excluding ortho intramolecular Hbond substituents is 1. The Hall–Kier alpha value is -2.95. The van der Waals surface area contributed by atoms with Crippen LogP contribution in [0.2, 0.25) is 0 Å². The van der Waals surface area contributed by atoms with Crippen molar-refractivity contribution in [1.29, 1.82) is 0 Å². The minimum atomic E-state index is -0.961. The number of halogens is 2. The molecule has 10 heteroatoms. The first kappa shape index (κ1) is 28.6. The van der Waals surface area contributed by atoms with Crippen LogP contribution in [0.5, 0.6) is 5.75 Å². The number of carbonyl (C=O) groups is 2. The number of nitrogens with two attached hydrogens (primary N) is 1. The molecule has 0 saturated heterocycles. The monoisotopic (exact) mass is 647 g/mol. The van der Waals surface area contributed by atoms with Gasteiger partial charge in [0.25, 0.3) is 0 Å². The van der Waals surface area contributed by atoms with Crippen LogP contribution in [0.1, 0.15) is 25.5 Å². The number of thioether (sulfide) groups is 1. The number of nitrogen functional groups attached to an aromatic ring is 1. The van der Waals surface area contributed by atoms with Crippen molar-refractivity contribution in [2.45, 2.75) is 24.8 Å². The number of phenols is 1. The van der Waals surface area contributed by atoms with Crippen molar-refractivity contribution in [2.75, 3.05) is 22.6 Å². The van der Waals surface area contributed by atoms with Gasteiger partial charge in [-0.15, -0.1) is 11.8 Å². The molecule has 0 heterocycles. The minimum absolute atomic E-state index is 0.0756. The van der Waals surface area contributed by atoms with E-state index in [4.69, 9.17) is 10.5 Å². The molecule has 5 N–H and O–H groups in total. The van der Waals surface area contributed by atoms with E-state index in [9.17, 15) is 14.7 Å². The first-order valence-corrected chi connectivity index (χ1v) is 14.0. The summed E-state index contributed by atoms with van der Waals surface area (Å²) in [5, 5.41) is 16.3. The number of para-hydroxylation sites is 2. The molecule has 0 aliphatic rings. The van der Waals surface area contributed by atoms with E-state index in [1.807, 2.05) is 18.4 Å². The number of amides is 2. The summed E-state index contributed by atoms with van der Waals surface area (Å²) in [5.41, 5.74) is 6.85. The molecule has 0 spiro atoms. The number of benzene rings is 3. The molecular formula is C27H27Br2N3O4S. The van der Waals surface area contributed by atoms with Gasteiger partial charge in [-0.3, -0.25) is 10.1 Å². The SMILES string of the molecule is CSc1ccc(NC(=O)O[C@@H](c2cc(Br)cc(Br)c2O)C(C)(C)/C=C/C(=O)Nc2ccccc2N)cc1. The summed E-state index contributed by atoms with van der Waals surface area (Å²) in [6.45, 7) is 3.60. The summed E-state index contributed by atoms with van der Waals surface area (Å²) in [6, 6.07) is 17.6. The lowest BCUT2D eigenvalue weighted by Crippen LogP contribution is -2.28. The highest BCUT2D eigenvalue weighted by Gasteiger charge is 2.35. The van der Waals surface area contributed by atoms with Crippen LogP contribution in [0.25, 0.3) is 0 Å². The largest absolute Gasteiger partial charge is 0.506 e. The molecule has 2 amide bonds. The predicted octanol–water partition coefficient (Wildman–Crippen LogP) is 7.73. The summed E-state index contributed by atoms with van der Waals surface area (Å²) < 4.78 is 6.96. The second kappa shape index (κ2) is 12.5. The summed E-state index contributed by atoms with van der Waals surface area (Å²) in [4.78, 5) is 26.6. The van der Waals surface area contributed by atoms with Crippen molar-refractivity contribution in [1.82, 2.24) is 0 Å². The molecule has 0 radical (unpaired) electrons. The van der Waals surface area contributed by atoms with Crippen molar-refractivity contribution in [3.63, 3.8) is 0 Å². The van der Waals surface area contributed by atoms with Crippen molar-refractivity contribution >= 4 is 72.7 Å². The van der Waals surface area contributed by atoms with Gasteiger partial charge in [0.2, 0.25) is 5.91 Å². The molecule has 0 aromatic heterocycles. The number of anilines is 3. The molecule has 3 aromatic rings. The van der Waals surface area contributed by atoms with E-state index in [1.54, 1.807) is 80.2 Å². The number of aromatic hydroxyl groups is 1. The Labute approximate surface area is 237 Å². The fourth-order valence-electron chi connectivity index (χ4n) is 3.49. The van der Waals surface area contributed by atoms with Crippen LogP contribution in [0, 0.1) is 5.41 Å². The summed E-state index contributed by atoms with van der Waals surface area (Å²) >= 11 is 8.36. The van der Waals surface area contributed by atoms with Gasteiger partial charge in [-0.1, -0.05) is 48.0 Å². The van der Waals surface area contributed by atoms with E-state index in [0.29, 0.717) is 31.6 Å². The Bertz CT molecular complexity index is 1310. The van der Waals surface area contributed by atoms with Crippen molar-refractivity contribution in [2.24, 2.45) is 5.41 Å². The first-order valence-electron chi connectivity index (χ1n) is 11.1. The molecule has 3 rings (SSSR count). The Balaban J connectivity index is 1.88. The number of carbonyl (C=O) groups excluding carboxylic acids is 2. The molecule has 3 aromatic carbocycles. The molecule has 7 nitrogen and oxygen atoms in total. The molecule has 0 aliphatic heterocycles. The number of ether oxygens (including phenoxy) is 1. The van der Waals surface area contributed by atoms with Crippen LogP contribution in [0.4, 0.5) is 21.9 Å². The van der Waals surface area contributed by atoms with Gasteiger partial charge in [0.1, 0.15) is 11.9 Å². The maximum Gasteiger partial charge on any atom is 0.412 e. The predicted molar refractivity (Wildman–Crippen MR) is 157 cm³/mol.